The van der Waals surface area contributed by atoms with Crippen LogP contribution in [0.4, 0.5) is 5.69 Å². The van der Waals surface area contributed by atoms with Crippen molar-refractivity contribution in [2.45, 2.75) is 12.3 Å². The summed E-state index contributed by atoms with van der Waals surface area (Å²) in [6.07, 6.45) is 0.586. The molecule has 22 heavy (non-hydrogen) atoms. The Labute approximate surface area is 137 Å². The second-order valence-electron chi connectivity index (χ2n) is 5.16. The average Bonchev–Trinajstić information content (AvgIpc) is 2.83. The third kappa shape index (κ3) is 2.68. The molecule has 0 bridgehead atoms. The number of nitrogens with one attached hydrogen (secondary N) is 1. The van der Waals surface area contributed by atoms with Crippen LogP contribution in [0.2, 0.25) is 0 Å². The zero-order chi connectivity index (χ0) is 15.7. The molecule has 5 heteroatoms. The van der Waals surface area contributed by atoms with Crippen molar-refractivity contribution in [3.8, 4) is 11.5 Å². The molecule has 1 atom stereocenters. The third-order valence-corrected chi connectivity index (χ3v) is 4.37. The Hall–Kier alpha value is -2.01. The van der Waals surface area contributed by atoms with Crippen LogP contribution in [-0.4, -0.2) is 20.1 Å². The molecule has 1 heterocycles. The van der Waals surface area contributed by atoms with Crippen LogP contribution in [0.25, 0.3) is 0 Å². The molecule has 3 rings (SSSR count). The minimum absolute atomic E-state index is 0.0194. The molecular formula is C17H16BrNO3. The van der Waals surface area contributed by atoms with Gasteiger partial charge in [0.05, 0.1) is 20.1 Å². The number of amides is 1. The van der Waals surface area contributed by atoms with Gasteiger partial charge in [-0.25, -0.2) is 0 Å². The summed E-state index contributed by atoms with van der Waals surface area (Å²) >= 11 is 3.46. The molecule has 0 radical (unpaired) electrons. The first kappa shape index (κ1) is 14.9. The second-order valence-corrected chi connectivity index (χ2v) is 6.07. The van der Waals surface area contributed by atoms with Gasteiger partial charge in [0.25, 0.3) is 0 Å². The summed E-state index contributed by atoms with van der Waals surface area (Å²) in [7, 11) is 3.24. The maximum Gasteiger partial charge on any atom is 0.232 e. The highest BCUT2D eigenvalue weighted by molar-refractivity contribution is 9.10. The van der Waals surface area contributed by atoms with Gasteiger partial charge in [-0.1, -0.05) is 22.0 Å². The lowest BCUT2D eigenvalue weighted by Crippen LogP contribution is -2.14. The highest BCUT2D eigenvalue weighted by Gasteiger charge is 2.31. The first-order valence-electron chi connectivity index (χ1n) is 6.93. The number of carbonyl (C=O) groups excluding carboxylic acids is 1. The van der Waals surface area contributed by atoms with E-state index in [1.807, 2.05) is 36.4 Å². The fourth-order valence-corrected chi connectivity index (χ4v) is 3.12. The molecule has 1 N–H and O–H groups in total. The van der Waals surface area contributed by atoms with E-state index in [9.17, 15) is 4.79 Å². The topological polar surface area (TPSA) is 47.6 Å². The van der Waals surface area contributed by atoms with E-state index in [0.717, 1.165) is 32.8 Å². The number of benzene rings is 2. The number of anilines is 1. The van der Waals surface area contributed by atoms with Gasteiger partial charge < -0.3 is 14.8 Å². The normalized spacial score (nSPS) is 16.1. The Morgan fingerprint density at radius 3 is 2.68 bits per heavy atom. The van der Waals surface area contributed by atoms with Crippen LogP contribution in [-0.2, 0) is 11.2 Å². The summed E-state index contributed by atoms with van der Waals surface area (Å²) in [5, 5.41) is 2.93. The number of hydrogen-bond acceptors (Lipinski definition) is 3. The van der Waals surface area contributed by atoms with Gasteiger partial charge in [-0.3, -0.25) is 4.79 Å². The van der Waals surface area contributed by atoms with Crippen LogP contribution in [0.15, 0.2) is 40.9 Å². The quantitative estimate of drug-likeness (QED) is 0.901. The van der Waals surface area contributed by atoms with Crippen molar-refractivity contribution in [2.75, 3.05) is 19.5 Å². The Morgan fingerprint density at radius 1 is 1.14 bits per heavy atom. The van der Waals surface area contributed by atoms with E-state index < -0.39 is 0 Å². The summed E-state index contributed by atoms with van der Waals surface area (Å²) in [5.41, 5.74) is 2.87. The van der Waals surface area contributed by atoms with Crippen molar-refractivity contribution in [1.82, 2.24) is 0 Å². The van der Waals surface area contributed by atoms with Crippen molar-refractivity contribution in [3.63, 3.8) is 0 Å². The van der Waals surface area contributed by atoms with Crippen molar-refractivity contribution >= 4 is 27.5 Å². The minimum Gasteiger partial charge on any atom is -0.497 e. The van der Waals surface area contributed by atoms with Crippen LogP contribution in [0.1, 0.15) is 17.0 Å². The van der Waals surface area contributed by atoms with Gasteiger partial charge in [-0.05, 0) is 41.8 Å². The number of fused-ring (bicyclic) bond motifs is 1. The SMILES string of the molecule is COc1ccc(C[C@@H]2C(=O)Nc3ccc(Br)cc32)c(OC)c1. The highest BCUT2D eigenvalue weighted by atomic mass is 79.9. The van der Waals surface area contributed by atoms with E-state index >= 15 is 0 Å². The van der Waals surface area contributed by atoms with Crippen LogP contribution in [0.5, 0.6) is 11.5 Å². The molecule has 2 aromatic rings. The van der Waals surface area contributed by atoms with E-state index in [1.54, 1.807) is 14.2 Å². The van der Waals surface area contributed by atoms with Crippen LogP contribution in [0.3, 0.4) is 0 Å². The van der Waals surface area contributed by atoms with E-state index in [0.29, 0.717) is 6.42 Å². The Bertz CT molecular complexity index is 730. The van der Waals surface area contributed by atoms with Crippen LogP contribution in [0, 0.1) is 0 Å². The lowest BCUT2D eigenvalue weighted by atomic mass is 9.93. The number of ether oxygens (including phenoxy) is 2. The predicted molar refractivity (Wildman–Crippen MR) is 88.8 cm³/mol. The summed E-state index contributed by atoms with van der Waals surface area (Å²) in [4.78, 5) is 12.3. The minimum atomic E-state index is -0.213. The Morgan fingerprint density at radius 2 is 1.95 bits per heavy atom. The van der Waals surface area contributed by atoms with Gasteiger partial charge in [-0.15, -0.1) is 0 Å². The van der Waals surface area contributed by atoms with Crippen molar-refractivity contribution < 1.29 is 14.3 Å². The van der Waals surface area contributed by atoms with Gasteiger partial charge in [0.15, 0.2) is 0 Å². The predicted octanol–water partition coefficient (Wildman–Crippen LogP) is 3.74. The molecule has 4 nitrogen and oxygen atoms in total. The number of methoxy groups -OCH3 is 2. The zero-order valence-corrected chi connectivity index (χ0v) is 13.9. The molecule has 2 aromatic carbocycles. The third-order valence-electron chi connectivity index (χ3n) is 3.88. The molecule has 1 aliphatic heterocycles. The molecule has 0 fully saturated rings. The van der Waals surface area contributed by atoms with Crippen LogP contribution < -0.4 is 14.8 Å². The number of halogens is 1. The molecule has 1 aliphatic rings. The van der Waals surface area contributed by atoms with Crippen molar-refractivity contribution in [3.05, 3.63) is 52.0 Å². The highest BCUT2D eigenvalue weighted by Crippen LogP contribution is 2.38. The zero-order valence-electron chi connectivity index (χ0n) is 12.4. The lowest BCUT2D eigenvalue weighted by Gasteiger charge is -2.14. The molecule has 0 unspecified atom stereocenters. The summed E-state index contributed by atoms with van der Waals surface area (Å²) in [6.45, 7) is 0. The molecule has 1 amide bonds. The van der Waals surface area contributed by atoms with Gasteiger partial charge in [0, 0.05) is 16.2 Å². The fraction of sp³-hybridized carbons (Fsp3) is 0.235. The molecule has 0 aliphatic carbocycles. The average molecular weight is 362 g/mol. The number of carbonyl (C=O) groups is 1. The van der Waals surface area contributed by atoms with E-state index in [4.69, 9.17) is 9.47 Å². The summed E-state index contributed by atoms with van der Waals surface area (Å²) in [5.74, 6) is 1.27. The first-order valence-corrected chi connectivity index (χ1v) is 7.73. The van der Waals surface area contributed by atoms with Gasteiger partial charge in [0.2, 0.25) is 5.91 Å². The standard InChI is InChI=1S/C17H16BrNO3/c1-21-12-5-3-10(16(9-12)22-2)7-14-13-8-11(18)4-6-15(13)19-17(14)20/h3-6,8-9,14H,7H2,1-2H3,(H,19,20)/t14-/m0/s1. The smallest absolute Gasteiger partial charge is 0.232 e. The maximum absolute atomic E-state index is 12.3. The van der Waals surface area contributed by atoms with E-state index in [-0.39, 0.29) is 11.8 Å². The molecule has 114 valence electrons. The maximum atomic E-state index is 12.3. The van der Waals surface area contributed by atoms with Gasteiger partial charge in [-0.2, -0.15) is 0 Å². The molecule has 0 saturated carbocycles. The lowest BCUT2D eigenvalue weighted by molar-refractivity contribution is -0.117. The van der Waals surface area contributed by atoms with E-state index in [1.165, 1.54) is 0 Å². The molecular weight excluding hydrogens is 346 g/mol. The molecule has 0 spiro atoms. The van der Waals surface area contributed by atoms with Gasteiger partial charge in [0.1, 0.15) is 11.5 Å². The van der Waals surface area contributed by atoms with Crippen molar-refractivity contribution in [1.29, 1.82) is 0 Å². The fourth-order valence-electron chi connectivity index (χ4n) is 2.74. The van der Waals surface area contributed by atoms with Gasteiger partial charge >= 0.3 is 0 Å². The second kappa shape index (κ2) is 6.01. The number of hydrogen-bond donors (Lipinski definition) is 1. The van der Waals surface area contributed by atoms with E-state index in [2.05, 4.69) is 21.2 Å². The monoisotopic (exact) mass is 361 g/mol. The first-order chi connectivity index (χ1) is 10.6. The molecule has 0 aromatic heterocycles. The summed E-state index contributed by atoms with van der Waals surface area (Å²) in [6, 6.07) is 11.5. The molecule has 0 saturated heterocycles. The summed E-state index contributed by atoms with van der Waals surface area (Å²) < 4.78 is 11.6. The Balaban J connectivity index is 1.94. The van der Waals surface area contributed by atoms with Crippen molar-refractivity contribution in [2.24, 2.45) is 0 Å². The van der Waals surface area contributed by atoms with Crippen LogP contribution >= 0.6 is 15.9 Å². The number of rotatable bonds is 4. The Kier molecular flexibility index (Phi) is 4.07. The largest absolute Gasteiger partial charge is 0.497 e.